The van der Waals surface area contributed by atoms with Crippen LogP contribution in [0.4, 0.5) is 13.2 Å². The zero-order valence-corrected chi connectivity index (χ0v) is 12.9. The molecule has 0 aliphatic carbocycles. The summed E-state index contributed by atoms with van der Waals surface area (Å²) in [6.07, 6.45) is -2.20. The number of hydrogen-bond acceptors (Lipinski definition) is 2. The topological polar surface area (TPSA) is 43.8 Å². The van der Waals surface area contributed by atoms with Crippen LogP contribution in [0.1, 0.15) is 29.8 Å². The van der Waals surface area contributed by atoms with Crippen molar-refractivity contribution in [3.8, 4) is 0 Å². The van der Waals surface area contributed by atoms with Gasteiger partial charge in [-0.25, -0.2) is 0 Å². The Bertz CT molecular complexity index is 605. The molecule has 3 nitrogen and oxygen atoms in total. The molecule has 2 rings (SSSR count). The van der Waals surface area contributed by atoms with E-state index in [1.54, 1.807) is 10.9 Å². The molecule has 0 aliphatic rings. The molecule has 2 N–H and O–H groups in total. The highest BCUT2D eigenvalue weighted by Crippen LogP contribution is 2.30. The SMILES string of the molecule is CCn1ncc(Br)c1C(N)Cc1ccc(C(F)(F)F)cc1. The molecule has 114 valence electrons. The predicted molar refractivity (Wildman–Crippen MR) is 77.7 cm³/mol. The highest BCUT2D eigenvalue weighted by atomic mass is 79.9. The molecule has 1 atom stereocenters. The number of halogens is 4. The van der Waals surface area contributed by atoms with E-state index in [4.69, 9.17) is 5.73 Å². The van der Waals surface area contributed by atoms with E-state index in [1.165, 1.54) is 12.1 Å². The smallest absolute Gasteiger partial charge is 0.322 e. The summed E-state index contributed by atoms with van der Waals surface area (Å²) in [5.74, 6) is 0. The average molecular weight is 362 g/mol. The van der Waals surface area contributed by atoms with E-state index >= 15 is 0 Å². The van der Waals surface area contributed by atoms with Gasteiger partial charge in [0.25, 0.3) is 0 Å². The van der Waals surface area contributed by atoms with Gasteiger partial charge in [0.15, 0.2) is 0 Å². The molecule has 0 amide bonds. The Morgan fingerprint density at radius 1 is 1.29 bits per heavy atom. The van der Waals surface area contributed by atoms with Gasteiger partial charge in [-0.15, -0.1) is 0 Å². The normalized spacial score (nSPS) is 13.4. The summed E-state index contributed by atoms with van der Waals surface area (Å²) in [5, 5.41) is 4.18. The number of benzene rings is 1. The summed E-state index contributed by atoms with van der Waals surface area (Å²) in [7, 11) is 0. The fourth-order valence-corrected chi connectivity index (χ4v) is 2.76. The van der Waals surface area contributed by atoms with Crippen LogP contribution in [0.2, 0.25) is 0 Å². The van der Waals surface area contributed by atoms with E-state index in [1.807, 2.05) is 6.92 Å². The molecule has 2 aromatic rings. The Balaban J connectivity index is 2.16. The lowest BCUT2D eigenvalue weighted by molar-refractivity contribution is -0.137. The van der Waals surface area contributed by atoms with Gasteiger partial charge in [-0.1, -0.05) is 12.1 Å². The van der Waals surface area contributed by atoms with Gasteiger partial charge in [0.1, 0.15) is 0 Å². The van der Waals surface area contributed by atoms with Gasteiger partial charge in [-0.2, -0.15) is 18.3 Å². The third-order valence-corrected chi connectivity index (χ3v) is 3.83. The molecule has 0 radical (unpaired) electrons. The number of rotatable bonds is 4. The minimum absolute atomic E-state index is 0.335. The number of aromatic nitrogens is 2. The summed E-state index contributed by atoms with van der Waals surface area (Å²) in [6, 6.07) is 4.74. The summed E-state index contributed by atoms with van der Waals surface area (Å²) in [5.41, 5.74) is 7.11. The van der Waals surface area contributed by atoms with Gasteiger partial charge in [0.2, 0.25) is 0 Å². The zero-order chi connectivity index (χ0) is 15.6. The summed E-state index contributed by atoms with van der Waals surface area (Å²) in [6.45, 7) is 2.63. The lowest BCUT2D eigenvalue weighted by Gasteiger charge is -2.15. The Morgan fingerprint density at radius 3 is 2.43 bits per heavy atom. The van der Waals surface area contributed by atoms with Crippen LogP contribution in [-0.2, 0) is 19.1 Å². The van der Waals surface area contributed by atoms with Crippen LogP contribution in [-0.4, -0.2) is 9.78 Å². The number of nitrogens with two attached hydrogens (primary N) is 1. The molecule has 21 heavy (non-hydrogen) atoms. The molecule has 0 bridgehead atoms. The van der Waals surface area contributed by atoms with E-state index in [0.29, 0.717) is 13.0 Å². The first kappa shape index (κ1) is 16.0. The van der Waals surface area contributed by atoms with Crippen molar-refractivity contribution in [1.29, 1.82) is 0 Å². The Labute approximate surface area is 129 Å². The van der Waals surface area contributed by atoms with Crippen LogP contribution < -0.4 is 5.73 Å². The lowest BCUT2D eigenvalue weighted by Crippen LogP contribution is -2.19. The van der Waals surface area contributed by atoms with Crippen LogP contribution in [0.15, 0.2) is 34.9 Å². The van der Waals surface area contributed by atoms with Gasteiger partial charge in [-0.3, -0.25) is 4.68 Å². The monoisotopic (exact) mass is 361 g/mol. The minimum atomic E-state index is -4.31. The number of hydrogen-bond donors (Lipinski definition) is 1. The maximum absolute atomic E-state index is 12.5. The quantitative estimate of drug-likeness (QED) is 0.896. The van der Waals surface area contributed by atoms with Crippen LogP contribution in [0.25, 0.3) is 0 Å². The van der Waals surface area contributed by atoms with Crippen LogP contribution in [0.3, 0.4) is 0 Å². The number of alkyl halides is 3. The standard InChI is InChI=1S/C14H15BrF3N3/c1-2-21-13(11(15)8-20-21)12(19)7-9-3-5-10(6-4-9)14(16,17)18/h3-6,8,12H,2,7,19H2,1H3. The van der Waals surface area contributed by atoms with Gasteiger partial charge >= 0.3 is 6.18 Å². The summed E-state index contributed by atoms with van der Waals surface area (Å²) in [4.78, 5) is 0. The molecular formula is C14H15BrF3N3. The van der Waals surface area contributed by atoms with Crippen molar-refractivity contribution >= 4 is 15.9 Å². The molecule has 0 aliphatic heterocycles. The fourth-order valence-electron chi connectivity index (χ4n) is 2.17. The molecule has 1 aromatic carbocycles. The van der Waals surface area contributed by atoms with Crippen LogP contribution in [0, 0.1) is 0 Å². The zero-order valence-electron chi connectivity index (χ0n) is 11.4. The molecule has 0 saturated carbocycles. The van der Waals surface area contributed by atoms with Crippen LogP contribution in [0.5, 0.6) is 0 Å². The fraction of sp³-hybridized carbons (Fsp3) is 0.357. The summed E-state index contributed by atoms with van der Waals surface area (Å²) < 4.78 is 40.1. The van der Waals surface area contributed by atoms with E-state index in [-0.39, 0.29) is 6.04 Å². The molecule has 1 heterocycles. The van der Waals surface area contributed by atoms with Crippen molar-refractivity contribution in [1.82, 2.24) is 9.78 Å². The lowest BCUT2D eigenvalue weighted by atomic mass is 10.0. The molecule has 0 fully saturated rings. The first-order valence-corrected chi connectivity index (χ1v) is 7.25. The largest absolute Gasteiger partial charge is 0.416 e. The van der Waals surface area contributed by atoms with E-state index in [2.05, 4.69) is 21.0 Å². The predicted octanol–water partition coefficient (Wildman–Crippen LogP) is 3.93. The Hall–Kier alpha value is -1.34. The Kier molecular flexibility index (Phi) is 4.73. The number of nitrogens with zero attached hydrogens (tertiary/aromatic N) is 2. The van der Waals surface area contributed by atoms with Crippen molar-refractivity contribution in [3.05, 3.63) is 51.8 Å². The van der Waals surface area contributed by atoms with Crippen molar-refractivity contribution in [3.63, 3.8) is 0 Å². The van der Waals surface area contributed by atoms with Crippen molar-refractivity contribution in [2.45, 2.75) is 32.1 Å². The van der Waals surface area contributed by atoms with E-state index in [0.717, 1.165) is 27.9 Å². The van der Waals surface area contributed by atoms with Gasteiger partial charge < -0.3 is 5.73 Å². The first-order chi connectivity index (χ1) is 9.82. The second kappa shape index (κ2) is 6.19. The van der Waals surface area contributed by atoms with Gasteiger partial charge in [0.05, 0.1) is 28.0 Å². The minimum Gasteiger partial charge on any atom is -0.322 e. The second-order valence-electron chi connectivity index (χ2n) is 4.70. The molecule has 7 heteroatoms. The molecule has 1 unspecified atom stereocenters. The average Bonchev–Trinajstić information content (AvgIpc) is 2.79. The van der Waals surface area contributed by atoms with Gasteiger partial charge in [-0.05, 0) is 47.0 Å². The molecule has 1 aromatic heterocycles. The third-order valence-electron chi connectivity index (χ3n) is 3.22. The maximum atomic E-state index is 12.5. The van der Waals surface area contributed by atoms with E-state index < -0.39 is 11.7 Å². The summed E-state index contributed by atoms with van der Waals surface area (Å²) >= 11 is 3.40. The highest BCUT2D eigenvalue weighted by molar-refractivity contribution is 9.10. The molecular weight excluding hydrogens is 347 g/mol. The van der Waals surface area contributed by atoms with Gasteiger partial charge in [0, 0.05) is 6.54 Å². The molecule has 0 saturated heterocycles. The third kappa shape index (κ3) is 3.65. The van der Waals surface area contributed by atoms with E-state index in [9.17, 15) is 13.2 Å². The number of aryl methyl sites for hydroxylation is 1. The maximum Gasteiger partial charge on any atom is 0.416 e. The molecule has 0 spiro atoms. The Morgan fingerprint density at radius 2 is 1.90 bits per heavy atom. The van der Waals surface area contributed by atoms with Crippen molar-refractivity contribution < 1.29 is 13.2 Å². The second-order valence-corrected chi connectivity index (χ2v) is 5.55. The first-order valence-electron chi connectivity index (χ1n) is 6.45. The highest BCUT2D eigenvalue weighted by Gasteiger charge is 2.30. The van der Waals surface area contributed by atoms with Crippen LogP contribution >= 0.6 is 15.9 Å². The van der Waals surface area contributed by atoms with Crippen molar-refractivity contribution in [2.24, 2.45) is 5.73 Å². The van der Waals surface area contributed by atoms with Crippen molar-refractivity contribution in [2.75, 3.05) is 0 Å².